The lowest BCUT2D eigenvalue weighted by atomic mass is 9.98. The minimum Gasteiger partial charge on any atom is -0.309 e. The van der Waals surface area contributed by atoms with Crippen molar-refractivity contribution in [2.24, 2.45) is 7.05 Å². The van der Waals surface area contributed by atoms with Gasteiger partial charge in [-0.1, -0.05) is 43.3 Å². The van der Waals surface area contributed by atoms with Crippen molar-refractivity contribution in [1.29, 1.82) is 5.26 Å². The number of benzene rings is 2. The van der Waals surface area contributed by atoms with Gasteiger partial charge in [-0.05, 0) is 41.3 Å². The first-order valence-corrected chi connectivity index (χ1v) is 11.2. The molecule has 2 heterocycles. The second kappa shape index (κ2) is 10.7. The van der Waals surface area contributed by atoms with E-state index in [1.165, 1.54) is 6.07 Å². The number of pyridine rings is 1. The summed E-state index contributed by atoms with van der Waals surface area (Å²) in [5.74, 6) is -0.502. The second-order valence-electron chi connectivity index (χ2n) is 8.33. The van der Waals surface area contributed by atoms with Crippen LogP contribution in [0.1, 0.15) is 35.6 Å². The summed E-state index contributed by atoms with van der Waals surface area (Å²) in [5.41, 5.74) is 3.37. The van der Waals surface area contributed by atoms with Gasteiger partial charge in [0.25, 0.3) is 0 Å². The van der Waals surface area contributed by atoms with E-state index >= 15 is 0 Å². The average molecular weight is 469 g/mol. The molecule has 35 heavy (non-hydrogen) atoms. The Morgan fingerprint density at radius 3 is 2.54 bits per heavy atom. The number of nitrogens with one attached hydrogen (secondary N) is 2. The van der Waals surface area contributed by atoms with Gasteiger partial charge in [0.05, 0.1) is 17.8 Å². The number of carbonyl (C=O) groups is 1. The highest BCUT2D eigenvalue weighted by Crippen LogP contribution is 2.23. The largest absolute Gasteiger partial charge is 0.309 e. The molecule has 0 fully saturated rings. The van der Waals surface area contributed by atoms with Crippen LogP contribution in [0.25, 0.3) is 11.1 Å². The zero-order valence-electron chi connectivity index (χ0n) is 19.4. The third-order valence-corrected chi connectivity index (χ3v) is 5.74. The highest BCUT2D eigenvalue weighted by atomic mass is 19.1. The van der Waals surface area contributed by atoms with Gasteiger partial charge in [-0.25, -0.2) is 9.37 Å². The quantitative estimate of drug-likeness (QED) is 0.395. The zero-order chi connectivity index (χ0) is 24.8. The van der Waals surface area contributed by atoms with Crippen LogP contribution in [0.5, 0.6) is 0 Å². The Morgan fingerprint density at radius 2 is 1.91 bits per heavy atom. The molecule has 0 saturated heterocycles. The Kier molecular flexibility index (Phi) is 7.29. The predicted octanol–water partition coefficient (Wildman–Crippen LogP) is 4.57. The summed E-state index contributed by atoms with van der Waals surface area (Å²) in [6.07, 6.45) is 5.33. The van der Waals surface area contributed by atoms with E-state index in [2.05, 4.69) is 20.7 Å². The first-order valence-electron chi connectivity index (χ1n) is 11.2. The predicted molar refractivity (Wildman–Crippen MR) is 132 cm³/mol. The van der Waals surface area contributed by atoms with Crippen LogP contribution in [0.15, 0.2) is 79.3 Å². The summed E-state index contributed by atoms with van der Waals surface area (Å²) < 4.78 is 16.2. The molecule has 4 rings (SSSR count). The first-order chi connectivity index (χ1) is 16.9. The SMILES string of the molecule is CC(CNC(C(=O)Nc1ccc(-c2cnn(C)c2)cn1)c1ccccc1)c1ccc(C#N)cc1F. The summed E-state index contributed by atoms with van der Waals surface area (Å²) in [7, 11) is 1.85. The van der Waals surface area contributed by atoms with E-state index < -0.39 is 11.9 Å². The van der Waals surface area contributed by atoms with E-state index in [9.17, 15) is 9.18 Å². The van der Waals surface area contributed by atoms with Crippen LogP contribution >= 0.6 is 0 Å². The number of carbonyl (C=O) groups excluding carboxylic acids is 1. The lowest BCUT2D eigenvalue weighted by molar-refractivity contribution is -0.118. The van der Waals surface area contributed by atoms with Crippen LogP contribution in [-0.2, 0) is 11.8 Å². The monoisotopic (exact) mass is 468 g/mol. The van der Waals surface area contributed by atoms with Crippen LogP contribution in [-0.4, -0.2) is 27.2 Å². The van der Waals surface area contributed by atoms with E-state index in [1.54, 1.807) is 35.3 Å². The number of nitrogens with zero attached hydrogens (tertiary/aromatic N) is 4. The zero-order valence-corrected chi connectivity index (χ0v) is 19.4. The van der Waals surface area contributed by atoms with Gasteiger partial charge >= 0.3 is 0 Å². The summed E-state index contributed by atoms with van der Waals surface area (Å²) >= 11 is 0. The Balaban J connectivity index is 1.48. The van der Waals surface area contributed by atoms with Crippen molar-refractivity contribution in [3.05, 3.63) is 102 Å². The maximum atomic E-state index is 14.5. The number of aromatic nitrogens is 3. The number of halogens is 1. The van der Waals surface area contributed by atoms with Crippen molar-refractivity contribution < 1.29 is 9.18 Å². The fourth-order valence-corrected chi connectivity index (χ4v) is 3.82. The minimum absolute atomic E-state index is 0.223. The lowest BCUT2D eigenvalue weighted by Crippen LogP contribution is -2.35. The molecule has 0 saturated carbocycles. The maximum absolute atomic E-state index is 14.5. The van der Waals surface area contributed by atoms with Crippen molar-refractivity contribution in [2.75, 3.05) is 11.9 Å². The molecular formula is C27H25FN6O. The second-order valence-corrected chi connectivity index (χ2v) is 8.33. The Bertz CT molecular complexity index is 1340. The average Bonchev–Trinajstić information content (AvgIpc) is 3.31. The van der Waals surface area contributed by atoms with Gasteiger partial charge in [0, 0.05) is 37.1 Å². The molecule has 2 N–H and O–H groups in total. The van der Waals surface area contributed by atoms with Gasteiger partial charge < -0.3 is 10.6 Å². The third kappa shape index (κ3) is 5.78. The Morgan fingerprint density at radius 1 is 1.11 bits per heavy atom. The molecular weight excluding hydrogens is 443 g/mol. The summed E-state index contributed by atoms with van der Waals surface area (Å²) in [5, 5.41) is 19.3. The topological polar surface area (TPSA) is 95.6 Å². The molecule has 2 atom stereocenters. The summed E-state index contributed by atoms with van der Waals surface area (Å²) in [6.45, 7) is 2.22. The summed E-state index contributed by atoms with van der Waals surface area (Å²) in [4.78, 5) is 17.6. The molecule has 2 aromatic heterocycles. The van der Waals surface area contributed by atoms with Crippen molar-refractivity contribution in [3.63, 3.8) is 0 Å². The molecule has 0 radical (unpaired) electrons. The van der Waals surface area contributed by atoms with Crippen molar-refractivity contribution in [2.45, 2.75) is 18.9 Å². The van der Waals surface area contributed by atoms with Gasteiger partial charge in [0.2, 0.25) is 5.91 Å². The number of amides is 1. The van der Waals surface area contributed by atoms with E-state index in [0.717, 1.165) is 16.7 Å². The van der Waals surface area contributed by atoms with Gasteiger partial charge in [0.1, 0.15) is 17.7 Å². The molecule has 0 bridgehead atoms. The van der Waals surface area contributed by atoms with Crippen LogP contribution in [0, 0.1) is 17.1 Å². The molecule has 7 nitrogen and oxygen atoms in total. The molecule has 0 aliphatic heterocycles. The van der Waals surface area contributed by atoms with E-state index in [0.29, 0.717) is 17.9 Å². The van der Waals surface area contributed by atoms with Crippen LogP contribution in [0.2, 0.25) is 0 Å². The molecule has 2 unspecified atom stereocenters. The van der Waals surface area contributed by atoms with Crippen LogP contribution < -0.4 is 10.6 Å². The molecule has 2 aromatic carbocycles. The maximum Gasteiger partial charge on any atom is 0.247 e. The normalized spacial score (nSPS) is 12.5. The fourth-order valence-electron chi connectivity index (χ4n) is 3.82. The molecule has 4 aromatic rings. The minimum atomic E-state index is -0.667. The first kappa shape index (κ1) is 23.8. The third-order valence-electron chi connectivity index (χ3n) is 5.74. The number of rotatable bonds is 8. The van der Waals surface area contributed by atoms with Crippen molar-refractivity contribution in [3.8, 4) is 17.2 Å². The van der Waals surface area contributed by atoms with Gasteiger partial charge in [-0.15, -0.1) is 0 Å². The molecule has 0 aliphatic carbocycles. The fraction of sp³-hybridized carbons (Fsp3) is 0.185. The van der Waals surface area contributed by atoms with E-state index in [1.807, 2.05) is 62.6 Å². The van der Waals surface area contributed by atoms with Gasteiger partial charge in [-0.3, -0.25) is 9.48 Å². The Hall–Kier alpha value is -4.35. The van der Waals surface area contributed by atoms with Crippen LogP contribution in [0.4, 0.5) is 10.2 Å². The number of hydrogen-bond acceptors (Lipinski definition) is 5. The highest BCUT2D eigenvalue weighted by molar-refractivity contribution is 5.95. The smallest absolute Gasteiger partial charge is 0.247 e. The van der Waals surface area contributed by atoms with E-state index in [-0.39, 0.29) is 17.4 Å². The standard InChI is InChI=1S/C27H25FN6O/c1-18(23-10-8-19(13-29)12-24(23)28)14-31-26(20-6-4-3-5-7-20)27(35)33-25-11-9-21(15-30-25)22-16-32-34(2)17-22/h3-12,15-18,26,31H,14H2,1-2H3,(H,30,33,35). The van der Waals surface area contributed by atoms with E-state index in [4.69, 9.17) is 5.26 Å². The summed E-state index contributed by atoms with van der Waals surface area (Å²) in [6, 6.07) is 18.7. The van der Waals surface area contributed by atoms with Gasteiger partial charge in [0.15, 0.2) is 0 Å². The molecule has 0 aliphatic rings. The van der Waals surface area contributed by atoms with Crippen molar-refractivity contribution in [1.82, 2.24) is 20.1 Å². The molecule has 0 spiro atoms. The molecule has 176 valence electrons. The lowest BCUT2D eigenvalue weighted by Gasteiger charge is -2.21. The Labute approximate surface area is 203 Å². The van der Waals surface area contributed by atoms with Crippen LogP contribution in [0.3, 0.4) is 0 Å². The van der Waals surface area contributed by atoms with Gasteiger partial charge in [-0.2, -0.15) is 10.4 Å². The number of hydrogen-bond donors (Lipinski definition) is 2. The highest BCUT2D eigenvalue weighted by Gasteiger charge is 2.22. The van der Waals surface area contributed by atoms with Crippen molar-refractivity contribution >= 4 is 11.7 Å². The molecule has 1 amide bonds. The number of aryl methyl sites for hydroxylation is 1. The number of anilines is 1. The molecule has 8 heteroatoms. The number of nitriles is 1.